The summed E-state index contributed by atoms with van der Waals surface area (Å²) in [5, 5.41) is 11.3. The molecule has 0 heterocycles. The van der Waals surface area contributed by atoms with Crippen LogP contribution in [0.2, 0.25) is 0 Å². The lowest BCUT2D eigenvalue weighted by Gasteiger charge is -2.02. The van der Waals surface area contributed by atoms with Crippen LogP contribution in [0.25, 0.3) is 6.08 Å². The molecule has 0 atom stereocenters. The Hall–Kier alpha value is -2.27. The zero-order valence-corrected chi connectivity index (χ0v) is 13.4. The Morgan fingerprint density at radius 3 is 2.39 bits per heavy atom. The molecule has 0 bridgehead atoms. The molecule has 2 N–H and O–H groups in total. The number of hydrogen-bond acceptors (Lipinski definition) is 4. The Kier molecular flexibility index (Phi) is 8.54. The summed E-state index contributed by atoms with van der Waals surface area (Å²) in [4.78, 5) is 33.7. The molecule has 1 amide bonds. The van der Waals surface area contributed by atoms with Gasteiger partial charge in [0.05, 0.1) is 0 Å². The smallest absolute Gasteiger partial charge is 0.243 e. The third-order valence-electron chi connectivity index (χ3n) is 3.35. The van der Waals surface area contributed by atoms with Crippen LogP contribution in [0.1, 0.15) is 48.5 Å². The number of hydrogen-bond donors (Lipinski definition) is 2. The minimum absolute atomic E-state index is 0.0129. The topological polar surface area (TPSA) is 83.5 Å². The van der Waals surface area contributed by atoms with Crippen LogP contribution in [0.4, 0.5) is 0 Å². The summed E-state index contributed by atoms with van der Waals surface area (Å²) in [6.45, 7) is 1.67. The molecule has 0 fully saturated rings. The minimum atomic E-state index is -0.394. The second-order valence-electron chi connectivity index (χ2n) is 5.31. The summed E-state index contributed by atoms with van der Waals surface area (Å²) >= 11 is 0. The van der Waals surface area contributed by atoms with Crippen LogP contribution in [0, 0.1) is 0 Å². The molecule has 5 heteroatoms. The maximum Gasteiger partial charge on any atom is 0.243 e. The number of ketones is 2. The van der Waals surface area contributed by atoms with Crippen LogP contribution in [0.15, 0.2) is 30.3 Å². The highest BCUT2D eigenvalue weighted by atomic mass is 16.3. The molecule has 1 rings (SSSR count). The van der Waals surface area contributed by atoms with E-state index in [0.717, 1.165) is 24.8 Å². The maximum absolute atomic E-state index is 11.6. The van der Waals surface area contributed by atoms with E-state index in [-0.39, 0.29) is 17.5 Å². The van der Waals surface area contributed by atoms with E-state index in [4.69, 9.17) is 5.11 Å². The summed E-state index contributed by atoms with van der Waals surface area (Å²) in [7, 11) is 0. The highest BCUT2D eigenvalue weighted by Gasteiger charge is 2.00. The summed E-state index contributed by atoms with van der Waals surface area (Å²) in [5.74, 6) is -0.307. The van der Waals surface area contributed by atoms with E-state index in [1.54, 1.807) is 30.3 Å². The molecule has 0 radical (unpaired) electrons. The van der Waals surface area contributed by atoms with E-state index >= 15 is 0 Å². The molecule has 1 aromatic rings. The van der Waals surface area contributed by atoms with Gasteiger partial charge in [0.1, 0.15) is 6.61 Å². The molecular weight excluding hydrogens is 294 g/mol. The first-order valence-electron chi connectivity index (χ1n) is 7.72. The predicted octanol–water partition coefficient (Wildman–Crippen LogP) is 2.14. The van der Waals surface area contributed by atoms with Crippen molar-refractivity contribution in [1.82, 2.24) is 5.32 Å². The molecule has 0 saturated carbocycles. The van der Waals surface area contributed by atoms with Gasteiger partial charge in [-0.25, -0.2) is 0 Å². The van der Waals surface area contributed by atoms with E-state index < -0.39 is 6.61 Å². The number of aliphatic hydroxyl groups excluding tert-OH is 1. The Labute approximate surface area is 136 Å². The molecule has 0 unspecified atom stereocenters. The van der Waals surface area contributed by atoms with E-state index in [1.165, 1.54) is 13.0 Å². The van der Waals surface area contributed by atoms with Gasteiger partial charge in [-0.2, -0.15) is 0 Å². The van der Waals surface area contributed by atoms with Gasteiger partial charge >= 0.3 is 0 Å². The van der Waals surface area contributed by atoms with Gasteiger partial charge in [-0.3, -0.25) is 14.4 Å². The molecule has 124 valence electrons. The first-order valence-corrected chi connectivity index (χ1v) is 7.72. The molecule has 5 nitrogen and oxygen atoms in total. The summed E-state index contributed by atoms with van der Waals surface area (Å²) < 4.78 is 0. The number of amides is 1. The Balaban J connectivity index is 2.23. The second-order valence-corrected chi connectivity index (χ2v) is 5.31. The van der Waals surface area contributed by atoms with Gasteiger partial charge in [-0.15, -0.1) is 0 Å². The van der Waals surface area contributed by atoms with Crippen molar-refractivity contribution in [3.05, 3.63) is 41.5 Å². The number of carbonyl (C=O) groups excluding carboxylic acids is 3. The Morgan fingerprint density at radius 1 is 1.09 bits per heavy atom. The monoisotopic (exact) mass is 317 g/mol. The van der Waals surface area contributed by atoms with Crippen LogP contribution in [0.3, 0.4) is 0 Å². The van der Waals surface area contributed by atoms with Crippen LogP contribution in [-0.2, 0) is 9.59 Å². The number of Topliss-reactive ketones (excluding diaryl/α,β-unsaturated/α-hetero) is 2. The highest BCUT2D eigenvalue weighted by molar-refractivity contribution is 5.94. The van der Waals surface area contributed by atoms with Crippen LogP contribution in [0.5, 0.6) is 0 Å². The summed E-state index contributed by atoms with van der Waals surface area (Å²) in [6.07, 6.45) is 5.90. The molecule has 0 saturated heterocycles. The van der Waals surface area contributed by atoms with Gasteiger partial charge < -0.3 is 10.4 Å². The fraction of sp³-hybridized carbons (Fsp3) is 0.389. The fourth-order valence-corrected chi connectivity index (χ4v) is 1.97. The van der Waals surface area contributed by atoms with Gasteiger partial charge in [0.25, 0.3) is 0 Å². The lowest BCUT2D eigenvalue weighted by Crippen LogP contribution is -2.22. The number of unbranched alkanes of at least 4 members (excludes halogenated alkanes) is 2. The van der Waals surface area contributed by atoms with E-state index in [2.05, 4.69) is 5.32 Å². The Bertz CT molecular complexity index is 561. The van der Waals surface area contributed by atoms with Crippen molar-refractivity contribution in [3.8, 4) is 0 Å². The van der Waals surface area contributed by atoms with Gasteiger partial charge in [0.2, 0.25) is 5.91 Å². The third kappa shape index (κ3) is 8.07. The third-order valence-corrected chi connectivity index (χ3v) is 3.35. The first kappa shape index (κ1) is 18.8. The number of rotatable bonds is 10. The van der Waals surface area contributed by atoms with Gasteiger partial charge in [-0.05, 0) is 31.4 Å². The van der Waals surface area contributed by atoms with Crippen molar-refractivity contribution in [2.75, 3.05) is 13.2 Å². The lowest BCUT2D eigenvalue weighted by molar-refractivity contribution is -0.122. The SMILES string of the molecule is CC(=O)c1ccc(/C=C/C(=O)NCCCCCC(=O)CO)cc1. The highest BCUT2D eigenvalue weighted by Crippen LogP contribution is 2.06. The maximum atomic E-state index is 11.6. The molecule has 0 spiro atoms. The largest absolute Gasteiger partial charge is 0.389 e. The van der Waals surface area contributed by atoms with Crippen molar-refractivity contribution in [1.29, 1.82) is 0 Å². The van der Waals surface area contributed by atoms with E-state index in [1.807, 2.05) is 0 Å². The van der Waals surface area contributed by atoms with Crippen molar-refractivity contribution >= 4 is 23.5 Å². The molecule has 23 heavy (non-hydrogen) atoms. The van der Waals surface area contributed by atoms with Crippen molar-refractivity contribution in [3.63, 3.8) is 0 Å². The average Bonchev–Trinajstić information content (AvgIpc) is 2.56. The number of aliphatic hydroxyl groups is 1. The average molecular weight is 317 g/mol. The zero-order valence-electron chi connectivity index (χ0n) is 13.4. The van der Waals surface area contributed by atoms with Gasteiger partial charge in [-0.1, -0.05) is 30.7 Å². The lowest BCUT2D eigenvalue weighted by atomic mass is 10.1. The molecule has 0 aliphatic heterocycles. The van der Waals surface area contributed by atoms with Crippen molar-refractivity contribution in [2.45, 2.75) is 32.6 Å². The van der Waals surface area contributed by atoms with E-state index in [9.17, 15) is 14.4 Å². The van der Waals surface area contributed by atoms with E-state index in [0.29, 0.717) is 18.5 Å². The number of benzene rings is 1. The first-order chi connectivity index (χ1) is 11.0. The van der Waals surface area contributed by atoms with Crippen LogP contribution in [-0.4, -0.2) is 35.7 Å². The fourth-order valence-electron chi connectivity index (χ4n) is 1.97. The Morgan fingerprint density at radius 2 is 1.78 bits per heavy atom. The molecule has 0 aliphatic rings. The molecule has 0 aromatic heterocycles. The van der Waals surface area contributed by atoms with Crippen molar-refractivity contribution in [2.24, 2.45) is 0 Å². The molecule has 0 aliphatic carbocycles. The standard InChI is InChI=1S/C18H23NO4/c1-14(21)16-9-6-15(7-10-16)8-11-18(23)19-12-4-2-3-5-17(22)13-20/h6-11,20H,2-5,12-13H2,1H3,(H,19,23)/b11-8+. The van der Waals surface area contributed by atoms with Crippen LogP contribution < -0.4 is 5.32 Å². The second kappa shape index (κ2) is 10.5. The van der Waals surface area contributed by atoms with Crippen LogP contribution >= 0.6 is 0 Å². The number of nitrogens with one attached hydrogen (secondary N) is 1. The summed E-state index contributed by atoms with van der Waals surface area (Å²) in [5.41, 5.74) is 1.50. The predicted molar refractivity (Wildman–Crippen MR) is 89.1 cm³/mol. The summed E-state index contributed by atoms with van der Waals surface area (Å²) in [6, 6.07) is 7.04. The molecular formula is C18H23NO4. The zero-order chi connectivity index (χ0) is 17.1. The van der Waals surface area contributed by atoms with Gasteiger partial charge in [0.15, 0.2) is 11.6 Å². The van der Waals surface area contributed by atoms with Crippen molar-refractivity contribution < 1.29 is 19.5 Å². The normalized spacial score (nSPS) is 10.7. The molecule has 1 aromatic carbocycles. The van der Waals surface area contributed by atoms with Gasteiger partial charge in [0, 0.05) is 24.6 Å². The minimum Gasteiger partial charge on any atom is -0.389 e. The quantitative estimate of drug-likeness (QED) is 0.393. The number of carbonyl (C=O) groups is 3.